The van der Waals surface area contributed by atoms with Gasteiger partial charge < -0.3 is 10.0 Å². The van der Waals surface area contributed by atoms with E-state index >= 15 is 0 Å². The molecule has 1 atom stereocenters. The third-order valence-corrected chi connectivity index (χ3v) is 4.53. The van der Waals surface area contributed by atoms with E-state index in [9.17, 15) is 9.90 Å². The van der Waals surface area contributed by atoms with Crippen molar-refractivity contribution < 1.29 is 9.90 Å². The number of aromatic hydroxyl groups is 1. The molecule has 1 amide bonds. The summed E-state index contributed by atoms with van der Waals surface area (Å²) in [6.45, 7) is 5.81. The molecule has 108 valence electrons. The summed E-state index contributed by atoms with van der Waals surface area (Å²) in [5, 5.41) is 9.57. The Balaban J connectivity index is 1.77. The first-order valence-corrected chi connectivity index (χ1v) is 7.48. The van der Waals surface area contributed by atoms with Gasteiger partial charge in [0.25, 0.3) is 5.91 Å². The molecule has 1 aromatic rings. The molecule has 0 aromatic heterocycles. The highest BCUT2D eigenvalue weighted by Crippen LogP contribution is 2.23. The Hall–Kier alpha value is -1.55. The fourth-order valence-corrected chi connectivity index (χ4v) is 3.36. The van der Waals surface area contributed by atoms with Crippen molar-refractivity contribution in [3.8, 4) is 5.75 Å². The second-order valence-corrected chi connectivity index (χ2v) is 5.94. The maximum atomic E-state index is 12.6. The highest BCUT2D eigenvalue weighted by atomic mass is 16.3. The lowest BCUT2D eigenvalue weighted by molar-refractivity contribution is 0.0743. The molecule has 20 heavy (non-hydrogen) atoms. The van der Waals surface area contributed by atoms with Crippen LogP contribution >= 0.6 is 0 Å². The van der Waals surface area contributed by atoms with Crippen molar-refractivity contribution in [2.75, 3.05) is 26.2 Å². The van der Waals surface area contributed by atoms with Crippen molar-refractivity contribution >= 4 is 5.91 Å². The maximum Gasteiger partial charge on any atom is 0.253 e. The molecule has 3 rings (SSSR count). The zero-order chi connectivity index (χ0) is 14.1. The van der Waals surface area contributed by atoms with Crippen molar-refractivity contribution in [1.29, 1.82) is 0 Å². The molecule has 4 nitrogen and oxygen atoms in total. The maximum absolute atomic E-state index is 12.6. The number of phenolic OH excluding ortho intramolecular Hbond substituents is 1. The normalized spacial score (nSPS) is 23.4. The molecule has 0 bridgehead atoms. The molecule has 0 saturated carbocycles. The van der Waals surface area contributed by atoms with Crippen molar-refractivity contribution in [3.05, 3.63) is 29.3 Å². The Labute approximate surface area is 120 Å². The van der Waals surface area contributed by atoms with Crippen LogP contribution in [0.3, 0.4) is 0 Å². The number of phenols is 1. The van der Waals surface area contributed by atoms with E-state index in [0.29, 0.717) is 11.6 Å². The van der Waals surface area contributed by atoms with Gasteiger partial charge in [-0.1, -0.05) is 0 Å². The molecule has 1 N–H and O–H groups in total. The summed E-state index contributed by atoms with van der Waals surface area (Å²) in [6.07, 6.45) is 3.52. The number of hydrogen-bond acceptors (Lipinski definition) is 3. The van der Waals surface area contributed by atoms with Crippen LogP contribution in [0.5, 0.6) is 5.75 Å². The summed E-state index contributed by atoms with van der Waals surface area (Å²) in [6, 6.07) is 5.67. The van der Waals surface area contributed by atoms with E-state index in [-0.39, 0.29) is 11.7 Å². The van der Waals surface area contributed by atoms with Crippen molar-refractivity contribution in [2.24, 2.45) is 0 Å². The van der Waals surface area contributed by atoms with E-state index in [1.807, 2.05) is 11.8 Å². The lowest BCUT2D eigenvalue weighted by Gasteiger charge is -2.25. The van der Waals surface area contributed by atoms with Gasteiger partial charge in [-0.3, -0.25) is 9.69 Å². The van der Waals surface area contributed by atoms with Crippen LogP contribution in [0.1, 0.15) is 35.2 Å². The lowest BCUT2D eigenvalue weighted by atomic mass is 10.1. The van der Waals surface area contributed by atoms with Gasteiger partial charge in [-0.2, -0.15) is 0 Å². The minimum atomic E-state index is 0.0989. The summed E-state index contributed by atoms with van der Waals surface area (Å²) in [4.78, 5) is 17.1. The Morgan fingerprint density at radius 2 is 2.05 bits per heavy atom. The number of nitrogens with zero attached hydrogens (tertiary/aromatic N) is 2. The molecule has 1 unspecified atom stereocenters. The summed E-state index contributed by atoms with van der Waals surface area (Å²) < 4.78 is 0. The topological polar surface area (TPSA) is 43.8 Å². The zero-order valence-corrected chi connectivity index (χ0v) is 12.0. The molecule has 2 saturated heterocycles. The van der Waals surface area contributed by atoms with Crippen LogP contribution in [0.15, 0.2) is 18.2 Å². The Kier molecular flexibility index (Phi) is 3.66. The molecule has 2 heterocycles. The van der Waals surface area contributed by atoms with E-state index in [1.54, 1.807) is 18.2 Å². The first-order valence-electron chi connectivity index (χ1n) is 7.48. The summed E-state index contributed by atoms with van der Waals surface area (Å²) >= 11 is 0. The fourth-order valence-electron chi connectivity index (χ4n) is 3.36. The van der Waals surface area contributed by atoms with Gasteiger partial charge in [0.05, 0.1) is 0 Å². The summed E-state index contributed by atoms with van der Waals surface area (Å²) in [5.41, 5.74) is 1.44. The predicted octanol–water partition coefficient (Wildman–Crippen LogP) is 2.01. The van der Waals surface area contributed by atoms with Gasteiger partial charge in [0.1, 0.15) is 5.75 Å². The average Bonchev–Trinajstić information content (AvgIpc) is 2.78. The molecule has 2 fully saturated rings. The van der Waals surface area contributed by atoms with Gasteiger partial charge in [0.15, 0.2) is 0 Å². The van der Waals surface area contributed by atoms with Gasteiger partial charge in [-0.05, 0) is 56.5 Å². The Bertz CT molecular complexity index is 515. The van der Waals surface area contributed by atoms with Crippen LogP contribution in [0, 0.1) is 6.92 Å². The summed E-state index contributed by atoms with van der Waals surface area (Å²) in [7, 11) is 0. The smallest absolute Gasteiger partial charge is 0.253 e. The molecule has 0 spiro atoms. The van der Waals surface area contributed by atoms with Crippen LogP contribution in [0.4, 0.5) is 0 Å². The quantitative estimate of drug-likeness (QED) is 0.852. The van der Waals surface area contributed by atoms with E-state index in [4.69, 9.17) is 0 Å². The molecular weight excluding hydrogens is 252 g/mol. The predicted molar refractivity (Wildman–Crippen MR) is 78.0 cm³/mol. The second kappa shape index (κ2) is 5.44. The first kappa shape index (κ1) is 13.4. The number of carbonyl (C=O) groups excluding carboxylic acids is 1. The van der Waals surface area contributed by atoms with Gasteiger partial charge >= 0.3 is 0 Å². The SMILES string of the molecule is Cc1cc(C(=O)N2CCCN3CCCC3C2)ccc1O. The number of amides is 1. The highest BCUT2D eigenvalue weighted by Gasteiger charge is 2.30. The average molecular weight is 274 g/mol. The Morgan fingerprint density at radius 3 is 2.85 bits per heavy atom. The summed E-state index contributed by atoms with van der Waals surface area (Å²) in [5.74, 6) is 0.348. The van der Waals surface area contributed by atoms with Crippen molar-refractivity contribution in [3.63, 3.8) is 0 Å². The van der Waals surface area contributed by atoms with Gasteiger partial charge in [-0.25, -0.2) is 0 Å². The van der Waals surface area contributed by atoms with Crippen LogP contribution in [-0.4, -0.2) is 53.0 Å². The number of benzene rings is 1. The van der Waals surface area contributed by atoms with Gasteiger partial charge in [-0.15, -0.1) is 0 Å². The van der Waals surface area contributed by atoms with E-state index in [1.165, 1.54) is 19.4 Å². The van der Waals surface area contributed by atoms with Crippen LogP contribution in [0.2, 0.25) is 0 Å². The number of rotatable bonds is 1. The molecule has 0 aliphatic carbocycles. The van der Waals surface area contributed by atoms with E-state index in [2.05, 4.69) is 4.90 Å². The first-order chi connectivity index (χ1) is 9.65. The standard InChI is InChI=1S/C16H22N2O2/c1-12-10-13(5-6-15(12)19)16(20)18-9-3-8-17-7-2-4-14(17)11-18/h5-6,10,14,19H,2-4,7-9,11H2,1H3. The van der Waals surface area contributed by atoms with Gasteiger partial charge in [0.2, 0.25) is 0 Å². The monoisotopic (exact) mass is 274 g/mol. The number of hydrogen-bond donors (Lipinski definition) is 1. The van der Waals surface area contributed by atoms with E-state index < -0.39 is 0 Å². The van der Waals surface area contributed by atoms with Crippen LogP contribution < -0.4 is 0 Å². The van der Waals surface area contributed by atoms with Crippen molar-refractivity contribution in [1.82, 2.24) is 9.80 Å². The zero-order valence-electron chi connectivity index (χ0n) is 12.0. The molecule has 4 heteroatoms. The second-order valence-electron chi connectivity index (χ2n) is 5.94. The van der Waals surface area contributed by atoms with E-state index in [0.717, 1.165) is 31.6 Å². The molecule has 1 aromatic carbocycles. The number of carbonyl (C=O) groups is 1. The Morgan fingerprint density at radius 1 is 1.25 bits per heavy atom. The number of aryl methyl sites for hydroxylation is 1. The minimum absolute atomic E-state index is 0.0989. The third-order valence-electron chi connectivity index (χ3n) is 4.53. The number of fused-ring (bicyclic) bond motifs is 1. The highest BCUT2D eigenvalue weighted by molar-refractivity contribution is 5.94. The van der Waals surface area contributed by atoms with Gasteiger partial charge in [0, 0.05) is 31.2 Å². The minimum Gasteiger partial charge on any atom is -0.508 e. The lowest BCUT2D eigenvalue weighted by Crippen LogP contribution is -2.39. The fraction of sp³-hybridized carbons (Fsp3) is 0.562. The molecule has 0 radical (unpaired) electrons. The van der Waals surface area contributed by atoms with Crippen molar-refractivity contribution in [2.45, 2.75) is 32.2 Å². The van der Waals surface area contributed by atoms with Crippen LogP contribution in [-0.2, 0) is 0 Å². The molecule has 2 aliphatic rings. The molecular formula is C16H22N2O2. The van der Waals surface area contributed by atoms with Crippen LogP contribution in [0.25, 0.3) is 0 Å². The largest absolute Gasteiger partial charge is 0.508 e. The third kappa shape index (κ3) is 2.52. The molecule has 2 aliphatic heterocycles.